The summed E-state index contributed by atoms with van der Waals surface area (Å²) in [5.74, 6) is -0.0836. The van der Waals surface area contributed by atoms with Crippen molar-refractivity contribution in [1.82, 2.24) is 0 Å². The van der Waals surface area contributed by atoms with E-state index in [1.54, 1.807) is 48.5 Å². The lowest BCUT2D eigenvalue weighted by Gasteiger charge is -2.15. The SMILES string of the molecule is CCCOc1ccc(C(=O)CCC(=O)OC(C)C(=O)Nc2ccccc2OC)cc1. The second kappa shape index (κ2) is 11.6. The maximum absolute atomic E-state index is 12.3. The summed E-state index contributed by atoms with van der Waals surface area (Å²) in [6.45, 7) is 4.10. The fourth-order valence-corrected chi connectivity index (χ4v) is 2.61. The lowest BCUT2D eigenvalue weighted by atomic mass is 10.1. The van der Waals surface area contributed by atoms with Gasteiger partial charge in [0.1, 0.15) is 11.5 Å². The molecule has 0 heterocycles. The topological polar surface area (TPSA) is 90.9 Å². The number of nitrogens with one attached hydrogen (secondary N) is 1. The van der Waals surface area contributed by atoms with Gasteiger partial charge in [0, 0.05) is 12.0 Å². The molecule has 1 atom stereocenters. The van der Waals surface area contributed by atoms with Crippen molar-refractivity contribution >= 4 is 23.3 Å². The molecule has 1 N–H and O–H groups in total. The van der Waals surface area contributed by atoms with Crippen molar-refractivity contribution in [3.05, 3.63) is 54.1 Å². The lowest BCUT2D eigenvalue weighted by molar-refractivity contribution is -0.153. The van der Waals surface area contributed by atoms with E-state index in [0.717, 1.165) is 6.42 Å². The van der Waals surface area contributed by atoms with Gasteiger partial charge in [0.05, 0.1) is 25.8 Å². The predicted octanol–water partition coefficient (Wildman–Crippen LogP) is 4.02. The number of methoxy groups -OCH3 is 1. The monoisotopic (exact) mass is 413 g/mol. The highest BCUT2D eigenvalue weighted by atomic mass is 16.5. The molecule has 0 saturated carbocycles. The van der Waals surface area contributed by atoms with E-state index in [2.05, 4.69) is 5.32 Å². The van der Waals surface area contributed by atoms with Gasteiger partial charge in [0.15, 0.2) is 11.9 Å². The first-order chi connectivity index (χ1) is 14.4. The standard InChI is InChI=1S/C23H27NO6/c1-4-15-29-18-11-9-17(10-12-18)20(25)13-14-22(26)30-16(2)23(27)24-19-7-5-6-8-21(19)28-3/h5-12,16H,4,13-15H2,1-3H3,(H,24,27). The maximum Gasteiger partial charge on any atom is 0.307 e. The minimum absolute atomic E-state index is 0.00511. The van der Waals surface area contributed by atoms with Gasteiger partial charge in [0.2, 0.25) is 0 Å². The summed E-state index contributed by atoms with van der Waals surface area (Å²) in [7, 11) is 1.50. The number of hydrogen-bond donors (Lipinski definition) is 1. The third kappa shape index (κ3) is 6.92. The molecule has 0 fully saturated rings. The Labute approximate surface area is 176 Å². The fraction of sp³-hybridized carbons (Fsp3) is 0.348. The van der Waals surface area contributed by atoms with Crippen molar-refractivity contribution in [2.24, 2.45) is 0 Å². The van der Waals surface area contributed by atoms with Crippen LogP contribution in [0.3, 0.4) is 0 Å². The van der Waals surface area contributed by atoms with E-state index in [1.165, 1.54) is 14.0 Å². The second-order valence-electron chi connectivity index (χ2n) is 6.62. The third-order valence-electron chi connectivity index (χ3n) is 4.25. The van der Waals surface area contributed by atoms with Crippen LogP contribution in [0.15, 0.2) is 48.5 Å². The van der Waals surface area contributed by atoms with E-state index in [-0.39, 0.29) is 18.6 Å². The number of carbonyl (C=O) groups excluding carboxylic acids is 3. The van der Waals surface area contributed by atoms with Gasteiger partial charge in [-0.1, -0.05) is 19.1 Å². The molecule has 30 heavy (non-hydrogen) atoms. The van der Waals surface area contributed by atoms with Crippen LogP contribution in [0.5, 0.6) is 11.5 Å². The molecule has 2 aromatic rings. The number of amides is 1. The Hall–Kier alpha value is -3.35. The molecule has 1 amide bonds. The van der Waals surface area contributed by atoms with Crippen molar-refractivity contribution in [1.29, 1.82) is 0 Å². The Kier molecular flexibility index (Phi) is 8.87. The number of para-hydroxylation sites is 2. The van der Waals surface area contributed by atoms with Crippen LogP contribution in [-0.2, 0) is 14.3 Å². The van der Waals surface area contributed by atoms with Crippen molar-refractivity contribution in [2.75, 3.05) is 19.0 Å². The van der Waals surface area contributed by atoms with Gasteiger partial charge in [-0.2, -0.15) is 0 Å². The minimum atomic E-state index is -1.01. The van der Waals surface area contributed by atoms with Crippen LogP contribution in [0.2, 0.25) is 0 Å². The van der Waals surface area contributed by atoms with Gasteiger partial charge in [-0.15, -0.1) is 0 Å². The number of benzene rings is 2. The van der Waals surface area contributed by atoms with Crippen LogP contribution in [0.4, 0.5) is 5.69 Å². The molecule has 160 valence electrons. The van der Waals surface area contributed by atoms with Crippen molar-refractivity contribution in [3.63, 3.8) is 0 Å². The van der Waals surface area contributed by atoms with Crippen LogP contribution in [0.25, 0.3) is 0 Å². The highest BCUT2D eigenvalue weighted by Gasteiger charge is 2.20. The van der Waals surface area contributed by atoms with Crippen LogP contribution >= 0.6 is 0 Å². The lowest BCUT2D eigenvalue weighted by Crippen LogP contribution is -2.30. The fourth-order valence-electron chi connectivity index (χ4n) is 2.61. The number of anilines is 1. The Morgan fingerprint density at radius 3 is 2.37 bits per heavy atom. The molecule has 0 aliphatic carbocycles. The number of Topliss-reactive ketones (excluding diaryl/α,β-unsaturated/α-hetero) is 1. The molecular weight excluding hydrogens is 386 g/mol. The summed E-state index contributed by atoms with van der Waals surface area (Å²) in [6, 6.07) is 13.7. The zero-order valence-electron chi connectivity index (χ0n) is 17.5. The first-order valence-electron chi connectivity index (χ1n) is 9.84. The summed E-state index contributed by atoms with van der Waals surface area (Å²) in [4.78, 5) is 36.6. The molecule has 7 heteroatoms. The minimum Gasteiger partial charge on any atom is -0.495 e. The van der Waals surface area contributed by atoms with Crippen molar-refractivity contribution < 1.29 is 28.6 Å². The number of esters is 1. The molecule has 0 radical (unpaired) electrons. The number of carbonyl (C=O) groups is 3. The molecular formula is C23H27NO6. The van der Waals surface area contributed by atoms with Gasteiger partial charge >= 0.3 is 5.97 Å². The van der Waals surface area contributed by atoms with Crippen LogP contribution in [-0.4, -0.2) is 37.5 Å². The molecule has 0 aliphatic heterocycles. The average Bonchev–Trinajstić information content (AvgIpc) is 2.76. The number of ether oxygens (including phenoxy) is 3. The van der Waals surface area contributed by atoms with E-state index in [0.29, 0.717) is 29.4 Å². The average molecular weight is 413 g/mol. The quantitative estimate of drug-likeness (QED) is 0.442. The Balaban J connectivity index is 1.80. The van der Waals surface area contributed by atoms with E-state index < -0.39 is 18.0 Å². The van der Waals surface area contributed by atoms with Gasteiger partial charge < -0.3 is 19.5 Å². The second-order valence-corrected chi connectivity index (χ2v) is 6.62. The molecule has 0 aromatic heterocycles. The molecule has 0 bridgehead atoms. The largest absolute Gasteiger partial charge is 0.495 e. The zero-order chi connectivity index (χ0) is 21.9. The molecule has 0 saturated heterocycles. The van der Waals surface area contributed by atoms with E-state index in [1.807, 2.05) is 6.92 Å². The molecule has 2 aromatic carbocycles. The zero-order valence-corrected chi connectivity index (χ0v) is 17.5. The molecule has 0 aliphatic rings. The summed E-state index contributed by atoms with van der Waals surface area (Å²) >= 11 is 0. The summed E-state index contributed by atoms with van der Waals surface area (Å²) in [5.41, 5.74) is 0.975. The van der Waals surface area contributed by atoms with Gasteiger partial charge in [0.25, 0.3) is 5.91 Å². The summed E-state index contributed by atoms with van der Waals surface area (Å²) in [5, 5.41) is 2.66. The maximum atomic E-state index is 12.3. The molecule has 7 nitrogen and oxygen atoms in total. The number of ketones is 1. The Morgan fingerprint density at radius 2 is 1.70 bits per heavy atom. The first kappa shape index (κ1) is 22.9. The van der Waals surface area contributed by atoms with E-state index >= 15 is 0 Å². The summed E-state index contributed by atoms with van der Waals surface area (Å²) in [6.07, 6.45) is -0.223. The van der Waals surface area contributed by atoms with Crippen LogP contribution < -0.4 is 14.8 Å². The third-order valence-corrected chi connectivity index (χ3v) is 4.25. The molecule has 0 spiro atoms. The highest BCUT2D eigenvalue weighted by molar-refractivity contribution is 5.98. The smallest absolute Gasteiger partial charge is 0.307 e. The molecule has 2 rings (SSSR count). The van der Waals surface area contributed by atoms with Crippen molar-refractivity contribution in [3.8, 4) is 11.5 Å². The van der Waals surface area contributed by atoms with Crippen LogP contribution in [0, 0.1) is 0 Å². The summed E-state index contributed by atoms with van der Waals surface area (Å²) < 4.78 is 15.8. The van der Waals surface area contributed by atoms with Crippen molar-refractivity contribution in [2.45, 2.75) is 39.2 Å². The van der Waals surface area contributed by atoms with Gasteiger partial charge in [-0.25, -0.2) is 0 Å². The number of rotatable bonds is 11. The number of hydrogen-bond acceptors (Lipinski definition) is 6. The normalized spacial score (nSPS) is 11.3. The van der Waals surface area contributed by atoms with E-state index in [9.17, 15) is 14.4 Å². The Bertz CT molecular complexity index is 862. The van der Waals surface area contributed by atoms with Gasteiger partial charge in [-0.3, -0.25) is 14.4 Å². The Morgan fingerprint density at radius 1 is 1.00 bits per heavy atom. The van der Waals surface area contributed by atoms with E-state index in [4.69, 9.17) is 14.2 Å². The highest BCUT2D eigenvalue weighted by Crippen LogP contribution is 2.23. The molecule has 1 unspecified atom stereocenters. The van der Waals surface area contributed by atoms with Crippen LogP contribution in [0.1, 0.15) is 43.5 Å². The predicted molar refractivity (Wildman–Crippen MR) is 113 cm³/mol. The first-order valence-corrected chi connectivity index (χ1v) is 9.84. The van der Waals surface area contributed by atoms with Gasteiger partial charge in [-0.05, 0) is 49.7 Å².